The number of esters is 2. The summed E-state index contributed by atoms with van der Waals surface area (Å²) in [6.07, 6.45) is 3.90. The highest BCUT2D eigenvalue weighted by Crippen LogP contribution is 2.31. The molecular formula is C19H16O5. The fraction of sp³-hybridized carbons (Fsp3) is 0.158. The Morgan fingerprint density at radius 1 is 1.12 bits per heavy atom. The van der Waals surface area contributed by atoms with Crippen molar-refractivity contribution in [3.05, 3.63) is 77.1 Å². The number of allylic oxidation sites excluding steroid dienone is 1. The van der Waals surface area contributed by atoms with E-state index in [1.807, 2.05) is 36.4 Å². The fourth-order valence-electron chi connectivity index (χ4n) is 2.46. The van der Waals surface area contributed by atoms with Gasteiger partial charge in [0.2, 0.25) is 0 Å². The van der Waals surface area contributed by atoms with Crippen LogP contribution in [0.15, 0.2) is 54.8 Å². The van der Waals surface area contributed by atoms with Gasteiger partial charge >= 0.3 is 11.9 Å². The third kappa shape index (κ3) is 3.30. The molecule has 0 aliphatic carbocycles. The third-order valence-electron chi connectivity index (χ3n) is 3.64. The highest BCUT2D eigenvalue weighted by atomic mass is 16.5. The Hall–Kier alpha value is -3.08. The summed E-state index contributed by atoms with van der Waals surface area (Å²) in [5.74, 6) is -0.635. The molecule has 5 nitrogen and oxygen atoms in total. The van der Waals surface area contributed by atoms with Crippen molar-refractivity contribution in [1.82, 2.24) is 0 Å². The molecule has 5 heteroatoms. The Morgan fingerprint density at radius 2 is 1.92 bits per heavy atom. The molecule has 0 fully saturated rings. The van der Waals surface area contributed by atoms with Crippen LogP contribution in [0.4, 0.5) is 0 Å². The summed E-state index contributed by atoms with van der Waals surface area (Å²) in [4.78, 5) is 24.3. The van der Waals surface area contributed by atoms with Gasteiger partial charge in [-0.2, -0.15) is 0 Å². The SMILES string of the molecule is COC(=O)c1cc2c(c(C(=O)OCc3ccccc3)c1)OC=CC2. The van der Waals surface area contributed by atoms with Crippen molar-refractivity contribution >= 4 is 11.9 Å². The first-order valence-corrected chi connectivity index (χ1v) is 7.47. The van der Waals surface area contributed by atoms with Crippen molar-refractivity contribution in [3.8, 4) is 5.75 Å². The zero-order chi connectivity index (χ0) is 16.9. The second-order valence-corrected chi connectivity index (χ2v) is 5.26. The maximum Gasteiger partial charge on any atom is 0.342 e. The second kappa shape index (κ2) is 7.00. The molecule has 0 amide bonds. The Bertz CT molecular complexity index is 793. The Kier molecular flexibility index (Phi) is 4.61. The van der Waals surface area contributed by atoms with E-state index in [1.165, 1.54) is 19.4 Å². The molecular weight excluding hydrogens is 308 g/mol. The molecule has 1 aliphatic heterocycles. The first kappa shape index (κ1) is 15.8. The van der Waals surface area contributed by atoms with Crippen LogP contribution in [0.2, 0.25) is 0 Å². The van der Waals surface area contributed by atoms with E-state index in [4.69, 9.17) is 14.2 Å². The molecule has 2 aromatic rings. The van der Waals surface area contributed by atoms with Gasteiger partial charge in [0.15, 0.2) is 0 Å². The van der Waals surface area contributed by atoms with Crippen molar-refractivity contribution in [2.45, 2.75) is 13.0 Å². The zero-order valence-electron chi connectivity index (χ0n) is 13.2. The van der Waals surface area contributed by atoms with Crippen molar-refractivity contribution in [2.75, 3.05) is 7.11 Å². The van der Waals surface area contributed by atoms with Crippen LogP contribution in [0.3, 0.4) is 0 Å². The van der Waals surface area contributed by atoms with Crippen LogP contribution >= 0.6 is 0 Å². The highest BCUT2D eigenvalue weighted by Gasteiger charge is 2.23. The summed E-state index contributed by atoms with van der Waals surface area (Å²) in [5.41, 5.74) is 2.13. The van der Waals surface area contributed by atoms with Crippen LogP contribution in [-0.2, 0) is 22.5 Å². The standard InChI is InChI=1S/C19H16O5/c1-22-18(20)15-10-14-8-5-9-23-17(14)16(11-15)19(21)24-12-13-6-3-2-4-7-13/h2-7,9-11H,8,12H2,1H3. The smallest absolute Gasteiger partial charge is 0.342 e. The Balaban J connectivity index is 1.88. The van der Waals surface area contributed by atoms with Gasteiger partial charge in [0.05, 0.1) is 18.9 Å². The monoisotopic (exact) mass is 324 g/mol. The molecule has 3 rings (SSSR count). The average Bonchev–Trinajstić information content (AvgIpc) is 2.65. The van der Waals surface area contributed by atoms with E-state index in [1.54, 1.807) is 6.07 Å². The molecule has 0 saturated heterocycles. The molecule has 0 aromatic heterocycles. The molecule has 0 spiro atoms. The van der Waals surface area contributed by atoms with E-state index in [9.17, 15) is 9.59 Å². The maximum absolute atomic E-state index is 12.5. The minimum Gasteiger partial charge on any atom is -0.465 e. The van der Waals surface area contributed by atoms with Crippen LogP contribution in [0, 0.1) is 0 Å². The van der Waals surface area contributed by atoms with Crippen molar-refractivity contribution in [2.24, 2.45) is 0 Å². The topological polar surface area (TPSA) is 61.8 Å². The summed E-state index contributed by atoms with van der Waals surface area (Å²) in [7, 11) is 1.30. The first-order valence-electron chi connectivity index (χ1n) is 7.47. The van der Waals surface area contributed by atoms with E-state index in [0.29, 0.717) is 17.7 Å². The van der Waals surface area contributed by atoms with Gasteiger partial charge in [-0.25, -0.2) is 9.59 Å². The summed E-state index contributed by atoms with van der Waals surface area (Å²) in [5, 5.41) is 0. The number of carbonyl (C=O) groups excluding carboxylic acids is 2. The number of ether oxygens (including phenoxy) is 3. The number of fused-ring (bicyclic) bond motifs is 1. The average molecular weight is 324 g/mol. The number of carbonyl (C=O) groups is 2. The zero-order valence-corrected chi connectivity index (χ0v) is 13.2. The molecule has 122 valence electrons. The molecule has 1 aliphatic rings. The number of hydrogen-bond acceptors (Lipinski definition) is 5. The normalized spacial score (nSPS) is 12.0. The van der Waals surface area contributed by atoms with E-state index in [2.05, 4.69) is 0 Å². The molecule has 0 radical (unpaired) electrons. The lowest BCUT2D eigenvalue weighted by molar-refractivity contribution is 0.0469. The van der Waals surface area contributed by atoms with E-state index in [-0.39, 0.29) is 12.2 Å². The summed E-state index contributed by atoms with van der Waals surface area (Å²) in [6, 6.07) is 12.5. The lowest BCUT2D eigenvalue weighted by Crippen LogP contribution is -2.13. The molecule has 0 atom stereocenters. The third-order valence-corrected chi connectivity index (χ3v) is 3.64. The van der Waals surface area contributed by atoms with Crippen molar-refractivity contribution < 1.29 is 23.8 Å². The van der Waals surface area contributed by atoms with E-state index < -0.39 is 11.9 Å². The molecule has 24 heavy (non-hydrogen) atoms. The van der Waals surface area contributed by atoms with Gasteiger partial charge in [0, 0.05) is 5.56 Å². The molecule has 0 bridgehead atoms. The van der Waals surface area contributed by atoms with Gasteiger partial charge in [-0.05, 0) is 30.2 Å². The van der Waals surface area contributed by atoms with Crippen LogP contribution in [0.5, 0.6) is 5.75 Å². The van der Waals surface area contributed by atoms with E-state index >= 15 is 0 Å². The lowest BCUT2D eigenvalue weighted by atomic mass is 10.0. The van der Waals surface area contributed by atoms with Gasteiger partial charge in [0.1, 0.15) is 17.9 Å². The fourth-order valence-corrected chi connectivity index (χ4v) is 2.46. The largest absolute Gasteiger partial charge is 0.465 e. The summed E-state index contributed by atoms with van der Waals surface area (Å²) >= 11 is 0. The Labute approximate surface area is 139 Å². The van der Waals surface area contributed by atoms with Crippen LogP contribution < -0.4 is 4.74 Å². The van der Waals surface area contributed by atoms with Crippen LogP contribution in [0.25, 0.3) is 0 Å². The van der Waals surface area contributed by atoms with Crippen molar-refractivity contribution in [3.63, 3.8) is 0 Å². The molecule has 0 unspecified atom stereocenters. The molecule has 1 heterocycles. The lowest BCUT2D eigenvalue weighted by Gasteiger charge is -2.17. The van der Waals surface area contributed by atoms with Gasteiger partial charge in [-0.15, -0.1) is 0 Å². The van der Waals surface area contributed by atoms with Gasteiger partial charge < -0.3 is 14.2 Å². The summed E-state index contributed by atoms with van der Waals surface area (Å²) in [6.45, 7) is 0.146. The number of hydrogen-bond donors (Lipinski definition) is 0. The van der Waals surface area contributed by atoms with Crippen LogP contribution in [0.1, 0.15) is 31.8 Å². The first-order chi connectivity index (χ1) is 11.7. The van der Waals surface area contributed by atoms with E-state index in [0.717, 1.165) is 11.1 Å². The van der Waals surface area contributed by atoms with Gasteiger partial charge in [-0.1, -0.05) is 30.3 Å². The molecule has 2 aromatic carbocycles. The second-order valence-electron chi connectivity index (χ2n) is 5.26. The van der Waals surface area contributed by atoms with Gasteiger partial charge in [0.25, 0.3) is 0 Å². The van der Waals surface area contributed by atoms with Crippen molar-refractivity contribution in [1.29, 1.82) is 0 Å². The number of benzene rings is 2. The maximum atomic E-state index is 12.5. The van der Waals surface area contributed by atoms with Gasteiger partial charge in [-0.3, -0.25) is 0 Å². The minimum absolute atomic E-state index is 0.146. The number of rotatable bonds is 4. The molecule has 0 N–H and O–H groups in total. The number of methoxy groups -OCH3 is 1. The predicted molar refractivity (Wildman–Crippen MR) is 86.8 cm³/mol. The van der Waals surface area contributed by atoms with Crippen LogP contribution in [-0.4, -0.2) is 19.0 Å². The predicted octanol–water partition coefficient (Wildman–Crippen LogP) is 3.28. The Morgan fingerprint density at radius 3 is 2.67 bits per heavy atom. The minimum atomic E-state index is -0.545. The summed E-state index contributed by atoms with van der Waals surface area (Å²) < 4.78 is 15.6. The highest BCUT2D eigenvalue weighted by molar-refractivity contribution is 5.98. The molecule has 0 saturated carbocycles. The quantitative estimate of drug-likeness (QED) is 0.808.